The van der Waals surface area contributed by atoms with Crippen LogP contribution in [0.4, 0.5) is 4.79 Å². The van der Waals surface area contributed by atoms with Crippen LogP contribution in [0.25, 0.3) is 10.9 Å². The maximum Gasteiger partial charge on any atom is 0.490 e. The lowest BCUT2D eigenvalue weighted by molar-refractivity contribution is 0.0544. The van der Waals surface area contributed by atoms with Crippen LogP contribution in [0, 0.1) is 0 Å². The molecule has 0 atom stereocenters. The summed E-state index contributed by atoms with van der Waals surface area (Å²) in [4.78, 5) is 12.2. The van der Waals surface area contributed by atoms with Gasteiger partial charge in [0.1, 0.15) is 11.4 Å². The minimum Gasteiger partial charge on any atom is -0.497 e. The van der Waals surface area contributed by atoms with E-state index in [1.54, 1.807) is 39.0 Å². The SMILES string of the molecule is COc1ccc2c(B(O)O)cn(C(=O)OC(C)(C)C)c2c1. The number of nitrogens with zero attached hydrogens (tertiary/aromatic N) is 1. The summed E-state index contributed by atoms with van der Waals surface area (Å²) in [5.41, 5.74) is 0.0788. The minimum absolute atomic E-state index is 0.235. The van der Waals surface area contributed by atoms with Gasteiger partial charge >= 0.3 is 13.2 Å². The fourth-order valence-electron chi connectivity index (χ4n) is 2.03. The molecule has 0 aliphatic rings. The number of carbonyl (C=O) groups is 1. The molecular weight excluding hydrogens is 273 g/mol. The second-order valence-electron chi connectivity index (χ2n) is 5.69. The van der Waals surface area contributed by atoms with Gasteiger partial charge in [-0.1, -0.05) is 0 Å². The van der Waals surface area contributed by atoms with E-state index in [1.807, 2.05) is 0 Å². The summed E-state index contributed by atoms with van der Waals surface area (Å²) in [7, 11) is -0.159. The third-order valence-electron chi connectivity index (χ3n) is 2.91. The number of benzene rings is 1. The Bertz CT molecular complexity index is 672. The molecule has 1 aromatic heterocycles. The number of methoxy groups -OCH3 is 1. The van der Waals surface area contributed by atoms with Crippen molar-refractivity contribution in [2.75, 3.05) is 7.11 Å². The van der Waals surface area contributed by atoms with Crippen LogP contribution in [-0.2, 0) is 4.74 Å². The van der Waals surface area contributed by atoms with E-state index in [-0.39, 0.29) is 5.46 Å². The van der Waals surface area contributed by atoms with Crippen LogP contribution >= 0.6 is 0 Å². The molecule has 0 aliphatic heterocycles. The van der Waals surface area contributed by atoms with Gasteiger partial charge in [-0.25, -0.2) is 4.79 Å². The van der Waals surface area contributed by atoms with Crippen molar-refractivity contribution in [3.8, 4) is 5.75 Å². The van der Waals surface area contributed by atoms with Crippen molar-refractivity contribution in [3.05, 3.63) is 24.4 Å². The predicted molar refractivity (Wildman–Crippen MR) is 79.9 cm³/mol. The van der Waals surface area contributed by atoms with Crippen LogP contribution in [-0.4, -0.2) is 40.5 Å². The zero-order valence-corrected chi connectivity index (χ0v) is 12.5. The van der Waals surface area contributed by atoms with E-state index >= 15 is 0 Å². The molecule has 0 aliphatic carbocycles. The number of hydrogen-bond donors (Lipinski definition) is 2. The molecule has 1 heterocycles. The molecule has 0 fully saturated rings. The molecular formula is C14H18BNO5. The quantitative estimate of drug-likeness (QED) is 0.810. The molecule has 2 aromatic rings. The molecule has 21 heavy (non-hydrogen) atoms. The lowest BCUT2D eigenvalue weighted by Crippen LogP contribution is -2.30. The van der Waals surface area contributed by atoms with Crippen LogP contribution in [0.3, 0.4) is 0 Å². The fraction of sp³-hybridized carbons (Fsp3) is 0.357. The van der Waals surface area contributed by atoms with Gasteiger partial charge < -0.3 is 19.5 Å². The molecule has 1 aromatic carbocycles. The average molecular weight is 291 g/mol. The normalized spacial score (nSPS) is 11.5. The maximum atomic E-state index is 12.2. The monoisotopic (exact) mass is 291 g/mol. The number of carbonyl (C=O) groups excluding carboxylic acids is 1. The van der Waals surface area contributed by atoms with E-state index < -0.39 is 18.8 Å². The first-order valence-corrected chi connectivity index (χ1v) is 6.51. The van der Waals surface area contributed by atoms with E-state index in [0.29, 0.717) is 16.7 Å². The Balaban J connectivity index is 2.59. The van der Waals surface area contributed by atoms with E-state index in [1.165, 1.54) is 17.9 Å². The Morgan fingerprint density at radius 3 is 2.48 bits per heavy atom. The van der Waals surface area contributed by atoms with Gasteiger partial charge in [0.25, 0.3) is 0 Å². The molecule has 0 radical (unpaired) electrons. The van der Waals surface area contributed by atoms with E-state index in [4.69, 9.17) is 9.47 Å². The molecule has 0 saturated carbocycles. The summed E-state index contributed by atoms with van der Waals surface area (Å²) in [6.45, 7) is 5.29. The second-order valence-corrected chi connectivity index (χ2v) is 5.69. The number of hydrogen-bond acceptors (Lipinski definition) is 5. The maximum absolute atomic E-state index is 12.2. The molecule has 112 valence electrons. The van der Waals surface area contributed by atoms with Gasteiger partial charge in [-0.05, 0) is 32.9 Å². The van der Waals surface area contributed by atoms with Gasteiger partial charge in [-0.15, -0.1) is 0 Å². The van der Waals surface area contributed by atoms with Crippen LogP contribution in [0.1, 0.15) is 20.8 Å². The Kier molecular flexibility index (Phi) is 3.98. The van der Waals surface area contributed by atoms with Crippen molar-refractivity contribution in [2.24, 2.45) is 0 Å². The van der Waals surface area contributed by atoms with Gasteiger partial charge in [-0.3, -0.25) is 4.57 Å². The number of fused-ring (bicyclic) bond motifs is 1. The first-order chi connectivity index (χ1) is 9.73. The molecule has 0 spiro atoms. The number of ether oxygens (including phenoxy) is 2. The Hall–Kier alpha value is -1.99. The third kappa shape index (κ3) is 3.20. The average Bonchev–Trinajstić information content (AvgIpc) is 2.75. The molecule has 2 rings (SSSR count). The van der Waals surface area contributed by atoms with E-state index in [0.717, 1.165) is 0 Å². The van der Waals surface area contributed by atoms with Crippen molar-refractivity contribution in [2.45, 2.75) is 26.4 Å². The lowest BCUT2D eigenvalue weighted by atomic mass is 9.80. The van der Waals surface area contributed by atoms with Crippen LogP contribution in [0.2, 0.25) is 0 Å². The highest BCUT2D eigenvalue weighted by Gasteiger charge is 2.24. The largest absolute Gasteiger partial charge is 0.497 e. The zero-order chi connectivity index (χ0) is 15.8. The summed E-state index contributed by atoms with van der Waals surface area (Å²) < 4.78 is 11.7. The fourth-order valence-corrected chi connectivity index (χ4v) is 2.03. The van der Waals surface area contributed by atoms with Crippen molar-refractivity contribution in [3.63, 3.8) is 0 Å². The van der Waals surface area contributed by atoms with Gasteiger partial charge in [0.2, 0.25) is 0 Å². The predicted octanol–water partition coefficient (Wildman–Crippen LogP) is 1.11. The van der Waals surface area contributed by atoms with Gasteiger partial charge in [0.15, 0.2) is 0 Å². The third-order valence-corrected chi connectivity index (χ3v) is 2.91. The molecule has 0 unspecified atom stereocenters. The molecule has 6 nitrogen and oxygen atoms in total. The van der Waals surface area contributed by atoms with E-state index in [2.05, 4.69) is 0 Å². The standard InChI is InChI=1S/C14H18BNO5/c1-14(2,3)21-13(17)16-8-11(15(18)19)10-6-5-9(20-4)7-12(10)16/h5-8,18-19H,1-4H3. The zero-order valence-electron chi connectivity index (χ0n) is 12.5. The molecule has 2 N–H and O–H groups in total. The lowest BCUT2D eigenvalue weighted by Gasteiger charge is -2.19. The Labute approximate surface area is 123 Å². The van der Waals surface area contributed by atoms with Crippen molar-refractivity contribution in [1.82, 2.24) is 4.57 Å². The van der Waals surface area contributed by atoms with Crippen LogP contribution < -0.4 is 10.2 Å². The summed E-state index contributed by atoms with van der Waals surface area (Å²) in [5.74, 6) is 0.560. The van der Waals surface area contributed by atoms with E-state index in [9.17, 15) is 14.8 Å². The first kappa shape index (κ1) is 15.4. The summed E-state index contributed by atoms with van der Waals surface area (Å²) in [6, 6.07) is 5.00. The minimum atomic E-state index is -1.68. The molecule has 7 heteroatoms. The van der Waals surface area contributed by atoms with Crippen LogP contribution in [0.15, 0.2) is 24.4 Å². The van der Waals surface area contributed by atoms with Crippen LogP contribution in [0.5, 0.6) is 5.75 Å². The van der Waals surface area contributed by atoms with Crippen molar-refractivity contribution >= 4 is 29.6 Å². The second kappa shape index (κ2) is 5.42. The number of rotatable bonds is 2. The highest BCUT2D eigenvalue weighted by atomic mass is 16.6. The van der Waals surface area contributed by atoms with Crippen molar-refractivity contribution < 1.29 is 24.3 Å². The van der Waals surface area contributed by atoms with Gasteiger partial charge in [0, 0.05) is 23.1 Å². The summed E-state index contributed by atoms with van der Waals surface area (Å²) >= 11 is 0. The molecule has 0 amide bonds. The molecule has 0 saturated heterocycles. The van der Waals surface area contributed by atoms with Crippen molar-refractivity contribution in [1.29, 1.82) is 0 Å². The summed E-state index contributed by atoms with van der Waals surface area (Å²) in [5, 5.41) is 19.4. The Morgan fingerprint density at radius 1 is 1.29 bits per heavy atom. The number of aromatic nitrogens is 1. The Morgan fingerprint density at radius 2 is 1.95 bits per heavy atom. The smallest absolute Gasteiger partial charge is 0.490 e. The van der Waals surface area contributed by atoms with Gasteiger partial charge in [-0.2, -0.15) is 0 Å². The highest BCUT2D eigenvalue weighted by Crippen LogP contribution is 2.22. The topological polar surface area (TPSA) is 80.9 Å². The highest BCUT2D eigenvalue weighted by molar-refractivity contribution is 6.62. The first-order valence-electron chi connectivity index (χ1n) is 6.51. The molecule has 0 bridgehead atoms. The summed E-state index contributed by atoms with van der Waals surface area (Å²) in [6.07, 6.45) is 0.774. The van der Waals surface area contributed by atoms with Gasteiger partial charge in [0.05, 0.1) is 12.6 Å².